The molecule has 0 atom stereocenters. The van der Waals surface area contributed by atoms with E-state index in [1.54, 1.807) is 0 Å². The molecule has 0 N–H and O–H groups in total. The molecular formula is C37H23BN2O4S2. The number of fused-ring (bicyclic) bond motifs is 10. The van der Waals surface area contributed by atoms with Gasteiger partial charge in [-0.1, -0.05) is 36.4 Å². The van der Waals surface area contributed by atoms with Crippen LogP contribution in [-0.4, -0.2) is 20.3 Å². The van der Waals surface area contributed by atoms with E-state index in [-0.39, 0.29) is 20.3 Å². The summed E-state index contributed by atoms with van der Waals surface area (Å²) < 4.78 is 25.8. The van der Waals surface area contributed by atoms with E-state index < -0.39 is 0 Å². The van der Waals surface area contributed by atoms with Crippen LogP contribution in [0, 0.1) is 6.92 Å². The van der Waals surface area contributed by atoms with E-state index in [2.05, 4.69) is 102 Å². The molecular weight excluding hydrogens is 611 g/mol. The third-order valence-corrected chi connectivity index (χ3v) is 11.8. The van der Waals surface area contributed by atoms with E-state index in [0.717, 1.165) is 34.4 Å². The number of nitrogens with zero attached hydrogens (tertiary/aromatic N) is 2. The second-order valence-electron chi connectivity index (χ2n) is 12.0. The number of aryl methyl sites for hydroxylation is 1. The summed E-state index contributed by atoms with van der Waals surface area (Å²) in [6.07, 6.45) is 0. The summed E-state index contributed by atoms with van der Waals surface area (Å²) >= 11 is 3.72. The second kappa shape index (κ2) is 8.99. The van der Waals surface area contributed by atoms with Crippen molar-refractivity contribution in [2.75, 3.05) is 23.4 Å². The van der Waals surface area contributed by atoms with E-state index in [1.165, 1.54) is 63.5 Å². The van der Waals surface area contributed by atoms with Gasteiger partial charge in [0.15, 0.2) is 23.0 Å². The molecule has 0 unspecified atom stereocenters. The van der Waals surface area contributed by atoms with Crippen LogP contribution >= 0.6 is 22.7 Å². The fourth-order valence-electron chi connectivity index (χ4n) is 7.63. The molecule has 0 amide bonds. The van der Waals surface area contributed by atoms with Crippen molar-refractivity contribution >= 4 is 98.7 Å². The number of thiophene rings is 2. The molecule has 220 valence electrons. The molecule has 0 fully saturated rings. The van der Waals surface area contributed by atoms with Gasteiger partial charge in [0, 0.05) is 32.9 Å². The highest BCUT2D eigenvalue weighted by molar-refractivity contribution is 7.29. The molecule has 5 aromatic carbocycles. The van der Waals surface area contributed by atoms with Crippen LogP contribution in [0.3, 0.4) is 0 Å². The maximum atomic E-state index is 5.89. The van der Waals surface area contributed by atoms with Gasteiger partial charge in [-0.05, 0) is 88.2 Å². The topological polar surface area (TPSA) is 43.4 Å². The van der Waals surface area contributed by atoms with E-state index >= 15 is 0 Å². The van der Waals surface area contributed by atoms with E-state index in [1.807, 2.05) is 34.8 Å². The Morgan fingerprint density at radius 3 is 1.54 bits per heavy atom. The molecule has 2 aromatic heterocycles. The first-order chi connectivity index (χ1) is 22.7. The second-order valence-corrected chi connectivity index (χ2v) is 14.1. The first-order valence-electron chi connectivity index (χ1n) is 15.3. The fraction of sp³-hybridized carbons (Fsp3) is 0.0811. The molecule has 6 nitrogen and oxygen atoms in total. The van der Waals surface area contributed by atoms with Gasteiger partial charge in [-0.25, -0.2) is 0 Å². The minimum Gasteiger partial charge on any atom is -0.454 e. The number of anilines is 6. The van der Waals surface area contributed by atoms with Crippen molar-refractivity contribution < 1.29 is 18.9 Å². The summed E-state index contributed by atoms with van der Waals surface area (Å²) in [6.45, 7) is 2.74. The van der Waals surface area contributed by atoms with Crippen molar-refractivity contribution in [3.8, 4) is 23.0 Å². The van der Waals surface area contributed by atoms with Crippen molar-refractivity contribution in [1.82, 2.24) is 0 Å². The molecule has 9 heteroatoms. The third-order valence-electron chi connectivity index (χ3n) is 9.49. The lowest BCUT2D eigenvalue weighted by molar-refractivity contribution is 0.173. The van der Waals surface area contributed by atoms with Crippen LogP contribution in [0.4, 0.5) is 32.8 Å². The Kier molecular flexibility index (Phi) is 4.91. The SMILES string of the molecule is Cc1cc2c3c(c1)N(c1ccc4c(c1)OCO4)c1sc4ccccc4c1B3c1c(sc3ccccc13)N2c1ccc2c(c1)OCO2. The predicted molar refractivity (Wildman–Crippen MR) is 188 cm³/mol. The summed E-state index contributed by atoms with van der Waals surface area (Å²) in [5, 5.41) is 5.08. The summed E-state index contributed by atoms with van der Waals surface area (Å²) in [5.74, 6) is 3.11. The van der Waals surface area contributed by atoms with Gasteiger partial charge >= 0.3 is 0 Å². The maximum absolute atomic E-state index is 5.89. The summed E-state index contributed by atoms with van der Waals surface area (Å²) in [6, 6.07) is 35.0. The van der Waals surface area contributed by atoms with Crippen LogP contribution in [-0.2, 0) is 0 Å². The molecule has 4 aliphatic heterocycles. The van der Waals surface area contributed by atoms with Gasteiger partial charge in [-0.2, -0.15) is 0 Å². The van der Waals surface area contributed by atoms with E-state index in [4.69, 9.17) is 18.9 Å². The molecule has 0 saturated carbocycles. The molecule has 0 radical (unpaired) electrons. The van der Waals surface area contributed by atoms with Crippen LogP contribution in [0.1, 0.15) is 5.56 Å². The Hall–Kier alpha value is -5.12. The normalized spacial score (nSPS) is 15.0. The first kappa shape index (κ1) is 25.1. The van der Waals surface area contributed by atoms with Gasteiger partial charge in [0.1, 0.15) is 0 Å². The van der Waals surface area contributed by atoms with Gasteiger partial charge < -0.3 is 28.7 Å². The summed E-state index contributed by atoms with van der Waals surface area (Å²) in [7, 11) is 0. The largest absolute Gasteiger partial charge is 0.454 e. The monoisotopic (exact) mass is 634 g/mol. The Balaban J connectivity index is 1.27. The Morgan fingerprint density at radius 2 is 1.02 bits per heavy atom. The Labute approximate surface area is 272 Å². The van der Waals surface area contributed by atoms with Gasteiger partial charge in [-0.15, -0.1) is 22.7 Å². The molecule has 0 spiro atoms. The lowest BCUT2D eigenvalue weighted by Crippen LogP contribution is -2.60. The molecule has 11 rings (SSSR count). The first-order valence-corrected chi connectivity index (χ1v) is 16.9. The van der Waals surface area contributed by atoms with Gasteiger partial charge in [0.2, 0.25) is 13.6 Å². The number of ether oxygens (including phenoxy) is 4. The zero-order chi connectivity index (χ0) is 30.1. The Bertz CT molecular complexity index is 2290. The van der Waals surface area contributed by atoms with E-state index in [9.17, 15) is 0 Å². The smallest absolute Gasteiger partial charge is 0.256 e. The van der Waals surface area contributed by atoms with Crippen molar-refractivity contribution in [3.05, 3.63) is 103 Å². The highest BCUT2D eigenvalue weighted by atomic mass is 32.1. The Morgan fingerprint density at radius 1 is 0.543 bits per heavy atom. The maximum Gasteiger partial charge on any atom is 0.256 e. The minimum atomic E-state index is 0.0541. The van der Waals surface area contributed by atoms with Gasteiger partial charge in [0.25, 0.3) is 6.71 Å². The number of hydrogen-bond donors (Lipinski definition) is 0. The highest BCUT2D eigenvalue weighted by Gasteiger charge is 2.47. The van der Waals surface area contributed by atoms with Crippen LogP contribution < -0.4 is 45.1 Å². The number of rotatable bonds is 2. The number of benzene rings is 5. The van der Waals surface area contributed by atoms with Gasteiger partial charge in [0.05, 0.1) is 21.4 Å². The van der Waals surface area contributed by atoms with Crippen LogP contribution in [0.15, 0.2) is 97.1 Å². The quantitative estimate of drug-likeness (QED) is 0.180. The van der Waals surface area contributed by atoms with Crippen molar-refractivity contribution in [2.45, 2.75) is 6.92 Å². The zero-order valence-corrected chi connectivity index (χ0v) is 26.2. The van der Waals surface area contributed by atoms with Crippen molar-refractivity contribution in [2.24, 2.45) is 0 Å². The summed E-state index contributed by atoms with van der Waals surface area (Å²) in [5.41, 5.74) is 9.68. The van der Waals surface area contributed by atoms with Crippen LogP contribution in [0.2, 0.25) is 0 Å². The van der Waals surface area contributed by atoms with Crippen molar-refractivity contribution in [1.29, 1.82) is 0 Å². The molecule has 4 aliphatic rings. The molecule has 0 aliphatic carbocycles. The molecule has 7 aromatic rings. The van der Waals surface area contributed by atoms with E-state index in [0.29, 0.717) is 0 Å². The summed E-state index contributed by atoms with van der Waals surface area (Å²) in [4.78, 5) is 4.89. The lowest BCUT2D eigenvalue weighted by Gasteiger charge is -2.42. The lowest BCUT2D eigenvalue weighted by atomic mass is 9.33. The predicted octanol–water partition coefficient (Wildman–Crippen LogP) is 7.96. The molecule has 0 saturated heterocycles. The van der Waals surface area contributed by atoms with Crippen LogP contribution in [0.5, 0.6) is 23.0 Å². The van der Waals surface area contributed by atoms with Gasteiger partial charge in [-0.3, -0.25) is 0 Å². The van der Waals surface area contributed by atoms with Crippen molar-refractivity contribution in [3.63, 3.8) is 0 Å². The third kappa shape index (κ3) is 3.26. The highest BCUT2D eigenvalue weighted by Crippen LogP contribution is 2.52. The zero-order valence-electron chi connectivity index (χ0n) is 24.6. The average molecular weight is 635 g/mol. The standard InChI is InChI=1S/C37H23BN2O4S2/c1-20-14-25-35-26(15-20)40(22-11-13-28-30(17-22)44-19-42-28)37-34(24-7-3-5-9-32(24)46-37)38(35)33-23-6-2-4-8-31(23)45-36(33)39(25)21-10-12-27-29(16-21)43-18-41-27/h2-17H,18-19H2,1H3. The van der Waals surface area contributed by atoms with Crippen LogP contribution in [0.25, 0.3) is 20.2 Å². The molecule has 0 bridgehead atoms. The fourth-order valence-corrected chi connectivity index (χ4v) is 10.2. The number of hydrogen-bond acceptors (Lipinski definition) is 8. The minimum absolute atomic E-state index is 0.0541. The molecule has 6 heterocycles. The average Bonchev–Trinajstić information content (AvgIpc) is 3.88. The molecule has 46 heavy (non-hydrogen) atoms.